The van der Waals surface area contributed by atoms with Gasteiger partial charge in [0.2, 0.25) is 0 Å². The summed E-state index contributed by atoms with van der Waals surface area (Å²) in [7, 11) is 10.4. The Morgan fingerprint density at radius 1 is 0.533 bits per heavy atom. The Labute approximate surface area is 185 Å². The third-order valence-corrected chi connectivity index (χ3v) is 8.39. The van der Waals surface area contributed by atoms with Gasteiger partial charge >= 0.3 is 24.1 Å². The van der Waals surface area contributed by atoms with E-state index in [1.807, 2.05) is 0 Å². The smallest absolute Gasteiger partial charge is 0.319 e. The third kappa shape index (κ3) is 9.08. The monoisotopic (exact) mass is 470 g/mol. The molecule has 14 heteroatoms. The van der Waals surface area contributed by atoms with E-state index in [1.54, 1.807) is 28.2 Å². The second kappa shape index (κ2) is 13.9. The van der Waals surface area contributed by atoms with Crippen LogP contribution in [0.25, 0.3) is 0 Å². The molecule has 0 atom stereocenters. The van der Waals surface area contributed by atoms with Crippen LogP contribution in [0.5, 0.6) is 0 Å². The Kier molecular flexibility index (Phi) is 13.9. The number of hydrogen-bond donors (Lipinski definition) is 4. The van der Waals surface area contributed by atoms with E-state index >= 15 is 0 Å². The second-order valence-corrected chi connectivity index (χ2v) is 10.7. The minimum Gasteiger partial charge on any atom is -1.00 e. The molecule has 0 bridgehead atoms. The first-order valence-corrected chi connectivity index (χ1v) is 11.6. The summed E-state index contributed by atoms with van der Waals surface area (Å²) in [6.07, 6.45) is 1.21. The van der Waals surface area contributed by atoms with Gasteiger partial charge in [-0.25, -0.2) is 19.2 Å². The number of halogens is 1. The second-order valence-electron chi connectivity index (χ2n) is 6.92. The van der Waals surface area contributed by atoms with E-state index in [0.29, 0.717) is 25.1 Å². The molecular formula is C16H36ClN8O4P. The predicted molar refractivity (Wildman–Crippen MR) is 115 cm³/mol. The zero-order valence-electron chi connectivity index (χ0n) is 19.1. The molecule has 0 radical (unpaired) electrons. The number of nitrogens with zero attached hydrogens (tertiary/aromatic N) is 4. The molecule has 0 saturated heterocycles. The number of amides is 8. The maximum Gasteiger partial charge on any atom is 0.319 e. The van der Waals surface area contributed by atoms with Crippen molar-refractivity contribution >= 4 is 31.4 Å². The van der Waals surface area contributed by atoms with Gasteiger partial charge in [-0.1, -0.05) is 0 Å². The standard InChI is InChI=1S/C16H35N8O4P.ClH/c1-17-13(25)21(5)9-29(10-22(6)14(26)18-2,11-23(7)15(27)19-3)12-24(8)16(28)20-4;/h9-12H2,1-8H3,(H3-,17,18,19,20,25,26,27,28);1H. The minimum absolute atomic E-state index is 0. The lowest BCUT2D eigenvalue weighted by Crippen LogP contribution is -3.00. The van der Waals surface area contributed by atoms with Crippen molar-refractivity contribution in [3.05, 3.63) is 0 Å². The molecule has 12 nitrogen and oxygen atoms in total. The molecule has 0 aromatic rings. The topological polar surface area (TPSA) is 129 Å². The average molecular weight is 471 g/mol. The van der Waals surface area contributed by atoms with Gasteiger partial charge in [0.25, 0.3) is 0 Å². The molecular weight excluding hydrogens is 435 g/mol. The summed E-state index contributed by atoms with van der Waals surface area (Å²) in [5.41, 5.74) is 0. The summed E-state index contributed by atoms with van der Waals surface area (Å²) in [6, 6.07) is -1.16. The van der Waals surface area contributed by atoms with Gasteiger partial charge < -0.3 is 33.7 Å². The minimum atomic E-state index is -2.33. The molecule has 30 heavy (non-hydrogen) atoms. The van der Waals surface area contributed by atoms with Gasteiger partial charge in [-0.05, 0) is 0 Å². The van der Waals surface area contributed by atoms with E-state index < -0.39 is 7.26 Å². The Hall–Kier alpha value is -2.20. The molecule has 0 aliphatic heterocycles. The summed E-state index contributed by atoms with van der Waals surface area (Å²) < 4.78 is 0. The number of urea groups is 4. The van der Waals surface area contributed by atoms with Gasteiger partial charge in [0, 0.05) is 56.4 Å². The van der Waals surface area contributed by atoms with Crippen molar-refractivity contribution in [3.63, 3.8) is 0 Å². The molecule has 0 aromatic carbocycles. The predicted octanol–water partition coefficient (Wildman–Crippen LogP) is -3.08. The highest BCUT2D eigenvalue weighted by Crippen LogP contribution is 2.59. The maximum absolute atomic E-state index is 12.2. The van der Waals surface area contributed by atoms with Crippen LogP contribution in [0.1, 0.15) is 0 Å². The van der Waals surface area contributed by atoms with Crippen LogP contribution in [-0.2, 0) is 0 Å². The molecule has 0 saturated carbocycles. The molecule has 0 rings (SSSR count). The van der Waals surface area contributed by atoms with Gasteiger partial charge in [0.1, 0.15) is 25.1 Å². The molecule has 0 aromatic heterocycles. The van der Waals surface area contributed by atoms with E-state index in [9.17, 15) is 19.2 Å². The van der Waals surface area contributed by atoms with E-state index in [-0.39, 0.29) is 36.5 Å². The largest absolute Gasteiger partial charge is 1.00 e. The number of rotatable bonds is 8. The van der Waals surface area contributed by atoms with Crippen LogP contribution < -0.4 is 33.7 Å². The van der Waals surface area contributed by atoms with E-state index in [2.05, 4.69) is 21.3 Å². The summed E-state index contributed by atoms with van der Waals surface area (Å²) in [6.45, 7) is 0. The molecule has 4 N–H and O–H groups in total. The first kappa shape index (κ1) is 30.0. The molecule has 0 spiro atoms. The Morgan fingerprint density at radius 3 is 0.833 bits per heavy atom. The number of carbonyl (C=O) groups excluding carboxylic acids is 4. The fraction of sp³-hybridized carbons (Fsp3) is 0.750. The summed E-state index contributed by atoms with van der Waals surface area (Å²) >= 11 is 0. The Bertz CT molecular complexity index is 496. The van der Waals surface area contributed by atoms with Gasteiger partial charge in [-0.2, -0.15) is 0 Å². The van der Waals surface area contributed by atoms with Crippen molar-refractivity contribution in [2.24, 2.45) is 0 Å². The SMILES string of the molecule is CNC(=O)N(C)C[P+](CN(C)C(=O)NC)(CN(C)C(=O)NC)CN(C)C(=O)NC.[Cl-]. The van der Waals surface area contributed by atoms with Gasteiger partial charge in [0.15, 0.2) is 0 Å². The van der Waals surface area contributed by atoms with E-state index in [1.165, 1.54) is 47.8 Å². The highest BCUT2D eigenvalue weighted by molar-refractivity contribution is 7.75. The average Bonchev–Trinajstić information content (AvgIpc) is 2.70. The molecule has 8 amide bonds. The van der Waals surface area contributed by atoms with E-state index in [4.69, 9.17) is 0 Å². The first-order valence-electron chi connectivity index (χ1n) is 9.03. The zero-order valence-corrected chi connectivity index (χ0v) is 20.7. The van der Waals surface area contributed by atoms with Crippen molar-refractivity contribution in [3.8, 4) is 0 Å². The van der Waals surface area contributed by atoms with Crippen LogP contribution >= 0.6 is 7.26 Å². The third-order valence-electron chi connectivity index (χ3n) is 4.29. The number of nitrogens with one attached hydrogen (secondary N) is 4. The summed E-state index contributed by atoms with van der Waals surface area (Å²) in [4.78, 5) is 54.7. The lowest BCUT2D eigenvalue weighted by Gasteiger charge is -2.37. The van der Waals surface area contributed by atoms with Crippen LogP contribution in [-0.4, -0.2) is 125 Å². The van der Waals surface area contributed by atoms with Crippen molar-refractivity contribution in [1.82, 2.24) is 40.9 Å². The fourth-order valence-corrected chi connectivity index (χ4v) is 7.74. The van der Waals surface area contributed by atoms with E-state index in [0.717, 1.165) is 0 Å². The molecule has 0 unspecified atom stereocenters. The number of carbonyl (C=O) groups is 4. The van der Waals surface area contributed by atoms with Gasteiger partial charge in [-0.15, -0.1) is 0 Å². The maximum atomic E-state index is 12.2. The van der Waals surface area contributed by atoms with Crippen molar-refractivity contribution in [2.45, 2.75) is 0 Å². The molecule has 176 valence electrons. The van der Waals surface area contributed by atoms with Crippen molar-refractivity contribution < 1.29 is 31.6 Å². The Morgan fingerprint density at radius 2 is 0.700 bits per heavy atom. The highest BCUT2D eigenvalue weighted by atomic mass is 35.5. The fourth-order valence-electron chi connectivity index (χ4n) is 3.09. The van der Waals surface area contributed by atoms with Crippen molar-refractivity contribution in [2.75, 3.05) is 81.5 Å². The molecule has 0 fully saturated rings. The van der Waals surface area contributed by atoms with Crippen LogP contribution in [0.4, 0.5) is 19.2 Å². The normalized spacial score (nSPS) is 10.1. The van der Waals surface area contributed by atoms with Crippen LogP contribution in [0, 0.1) is 0 Å². The lowest BCUT2D eigenvalue weighted by molar-refractivity contribution is -0.0000191. The Balaban J connectivity index is 0. The van der Waals surface area contributed by atoms with Gasteiger partial charge in [0.05, 0.1) is 7.26 Å². The van der Waals surface area contributed by atoms with Gasteiger partial charge in [-0.3, -0.25) is 19.6 Å². The van der Waals surface area contributed by atoms with Crippen molar-refractivity contribution in [1.29, 1.82) is 0 Å². The summed E-state index contributed by atoms with van der Waals surface area (Å²) in [5, 5.41) is 10.3. The lowest BCUT2D eigenvalue weighted by atomic mass is 10.8. The molecule has 0 aliphatic carbocycles. The number of hydrogen-bond acceptors (Lipinski definition) is 4. The quantitative estimate of drug-likeness (QED) is 0.280. The molecule has 0 heterocycles. The van der Waals surface area contributed by atoms with Crippen LogP contribution in [0.2, 0.25) is 0 Å². The van der Waals surface area contributed by atoms with Crippen LogP contribution in [0.15, 0.2) is 0 Å². The highest BCUT2D eigenvalue weighted by Gasteiger charge is 2.46. The molecule has 0 aliphatic rings. The van der Waals surface area contributed by atoms with Crippen LogP contribution in [0.3, 0.4) is 0 Å². The first-order chi connectivity index (χ1) is 13.5. The summed E-state index contributed by atoms with van der Waals surface area (Å²) in [5.74, 6) is 0. The zero-order chi connectivity index (χ0) is 22.8.